The summed E-state index contributed by atoms with van der Waals surface area (Å²) in [6.07, 6.45) is 12.6. The molecule has 461 valence electrons. The number of carbonyl (C=O) groups excluding carboxylic acids is 1. The number of hydrogen-bond acceptors (Lipinski definition) is 6. The second kappa shape index (κ2) is 25.2. The average molecular weight is 1350 g/mol. The summed E-state index contributed by atoms with van der Waals surface area (Å²) >= 11 is 0. The largest absolute Gasteiger partial charge is 0.512 e. The first-order chi connectivity index (χ1) is 41.0. The number of aryl methyl sites for hydroxylation is 1. The van der Waals surface area contributed by atoms with E-state index in [9.17, 15) is 9.90 Å². The Morgan fingerprint density at radius 3 is 1.40 bits per heavy atom. The molecule has 0 bridgehead atoms. The Balaban J connectivity index is 0.000000168. The molecule has 0 atom stereocenters. The van der Waals surface area contributed by atoms with Gasteiger partial charge in [-0.2, -0.15) is 0 Å². The predicted molar refractivity (Wildman–Crippen MR) is 368 cm³/mol. The van der Waals surface area contributed by atoms with E-state index in [4.69, 9.17) is 19.4 Å². The van der Waals surface area contributed by atoms with E-state index in [-0.39, 0.29) is 64.6 Å². The van der Waals surface area contributed by atoms with Crippen LogP contribution in [0.2, 0.25) is 0 Å². The fraction of sp³-hybridized carbons (Fsp3) is 0.395. The van der Waals surface area contributed by atoms with Crippen LogP contribution in [-0.4, -0.2) is 20.9 Å². The topological polar surface area (TPSA) is 81.5 Å². The minimum Gasteiger partial charge on any atom is -0.512 e. The molecule has 0 fully saturated rings. The van der Waals surface area contributed by atoms with Crippen LogP contribution in [0.25, 0.3) is 87.1 Å². The van der Waals surface area contributed by atoms with Crippen molar-refractivity contribution >= 4 is 70.4 Å². The molecule has 10 aromatic rings. The van der Waals surface area contributed by atoms with E-state index in [1.54, 1.807) is 0 Å². The van der Waals surface area contributed by atoms with Crippen LogP contribution in [0.15, 0.2) is 127 Å². The molecule has 4 heterocycles. The minimum atomic E-state index is -0.248. The zero-order chi connectivity index (χ0) is 62.7. The molecule has 0 amide bonds. The molecule has 0 spiro atoms. The third kappa shape index (κ3) is 13.8. The van der Waals surface area contributed by atoms with Gasteiger partial charge in [-0.15, -0.1) is 35.0 Å². The summed E-state index contributed by atoms with van der Waals surface area (Å²) < 4.78 is 13.7. The number of nitrogens with zero attached hydrogens (tertiary/aromatic N) is 2. The second-order valence-corrected chi connectivity index (χ2v) is 30.1. The van der Waals surface area contributed by atoms with Crippen molar-refractivity contribution in [2.45, 2.75) is 176 Å². The van der Waals surface area contributed by atoms with E-state index in [1.807, 2.05) is 47.0 Å². The molecular weight excluding hydrogens is 1260 g/mol. The zero-order valence-electron chi connectivity index (χ0n) is 55.7. The fourth-order valence-corrected chi connectivity index (χ4v) is 13.0. The number of pyridine rings is 2. The third-order valence-corrected chi connectivity index (χ3v) is 17.7. The first-order valence-corrected chi connectivity index (χ1v) is 31.9. The van der Waals surface area contributed by atoms with Crippen molar-refractivity contribution in [3.63, 3.8) is 0 Å². The number of carbonyl (C=O) groups is 1. The second-order valence-electron chi connectivity index (χ2n) is 30.1. The quantitative estimate of drug-likeness (QED) is 0.0601. The van der Waals surface area contributed by atoms with Crippen molar-refractivity contribution < 1.29 is 39.5 Å². The number of ketones is 1. The Bertz CT molecular complexity index is 4320. The van der Waals surface area contributed by atoms with Crippen LogP contribution in [0.5, 0.6) is 23.0 Å². The summed E-state index contributed by atoms with van der Waals surface area (Å²) in [7, 11) is 0. The van der Waals surface area contributed by atoms with Crippen LogP contribution in [-0.2, 0) is 50.6 Å². The molecule has 7 heteroatoms. The number of ether oxygens (including phenoxy) is 2. The molecule has 0 aliphatic carbocycles. The molecule has 88 heavy (non-hydrogen) atoms. The number of rotatable bonds is 11. The van der Waals surface area contributed by atoms with Gasteiger partial charge in [-0.05, 0) is 148 Å². The standard InChI is InChI=1S/C34H34NO.C33H32NO.C14H26O2.Ir/c1-20-8-10-25-22(14-20)16-27-31-30-26(12-13-35-31)24-11-9-21(18-33(2,3)4)15-23(24)17-29(30)36-32(27)28(25)19-34(5,6)7;1-32(2,3)18-20-11-12-24-22(15-20)17-28-29-25(24)13-14-34-30(29)26-16-21-9-7-8-10-23(21)27(31(26)35-28)19-33(4,5)6;1-6-11(7-2)12(15)10-13(16)14(5,8-3)9-4;/h8-15,17H,18-19H2,1-7H3;7-15,17H,18-19H2,1-6H3;10-11,16H,6-9H2,1-5H3;/q2*-1;;/b;;13-10-;. The number of aliphatic hydroxyl groups excluding tert-OH is 1. The van der Waals surface area contributed by atoms with Crippen LogP contribution >= 0.6 is 0 Å². The molecule has 1 radical (unpaired) electrons. The van der Waals surface area contributed by atoms with Crippen molar-refractivity contribution in [3.8, 4) is 45.5 Å². The van der Waals surface area contributed by atoms with Gasteiger partial charge in [0, 0.05) is 72.1 Å². The normalized spacial score (nSPS) is 13.1. The summed E-state index contributed by atoms with van der Waals surface area (Å²) in [5, 5.41) is 24.2. The van der Waals surface area contributed by atoms with E-state index >= 15 is 0 Å². The Morgan fingerprint density at radius 1 is 0.523 bits per heavy atom. The number of hydrogen-bond donors (Lipinski definition) is 1. The van der Waals surface area contributed by atoms with Crippen molar-refractivity contribution in [2.24, 2.45) is 33.0 Å². The van der Waals surface area contributed by atoms with Gasteiger partial charge in [0.15, 0.2) is 5.78 Å². The minimum absolute atomic E-state index is 0. The average Bonchev–Trinajstić information content (AvgIpc) is 0.773. The van der Waals surface area contributed by atoms with Crippen molar-refractivity contribution in [1.82, 2.24) is 9.97 Å². The fourth-order valence-electron chi connectivity index (χ4n) is 13.0. The number of benzene rings is 8. The zero-order valence-corrected chi connectivity index (χ0v) is 58.1. The first-order valence-electron chi connectivity index (χ1n) is 31.9. The Labute approximate surface area is 538 Å². The third-order valence-electron chi connectivity index (χ3n) is 17.7. The van der Waals surface area contributed by atoms with Crippen LogP contribution in [0, 0.1) is 52.0 Å². The summed E-state index contributed by atoms with van der Waals surface area (Å²) in [5.41, 5.74) is 10.8. The van der Waals surface area contributed by atoms with Crippen molar-refractivity contribution in [2.75, 3.05) is 0 Å². The summed E-state index contributed by atoms with van der Waals surface area (Å²) in [5.74, 6) is 3.99. The van der Waals surface area contributed by atoms with Crippen molar-refractivity contribution in [3.05, 3.63) is 167 Å². The molecule has 0 saturated heterocycles. The number of fused-ring (bicyclic) bond motifs is 10. The van der Waals surface area contributed by atoms with Gasteiger partial charge in [0.2, 0.25) is 0 Å². The predicted octanol–water partition coefficient (Wildman–Crippen LogP) is 23.1. The van der Waals surface area contributed by atoms with Gasteiger partial charge in [0.1, 0.15) is 17.3 Å². The van der Waals surface area contributed by atoms with Crippen LogP contribution < -0.4 is 9.47 Å². The van der Waals surface area contributed by atoms with E-state index in [1.165, 1.54) is 77.0 Å². The maximum Gasteiger partial charge on any atom is 0.162 e. The maximum atomic E-state index is 11.9. The van der Waals surface area contributed by atoms with Gasteiger partial charge >= 0.3 is 0 Å². The van der Waals surface area contributed by atoms with Crippen LogP contribution in [0.1, 0.15) is 171 Å². The molecule has 8 aromatic carbocycles. The van der Waals surface area contributed by atoms with Gasteiger partial charge in [-0.1, -0.05) is 223 Å². The van der Waals surface area contributed by atoms with E-state index in [0.717, 1.165) is 118 Å². The van der Waals surface area contributed by atoms with Gasteiger partial charge < -0.3 is 14.6 Å². The molecule has 2 aliphatic heterocycles. The molecule has 2 aromatic heterocycles. The van der Waals surface area contributed by atoms with Gasteiger partial charge in [0.25, 0.3) is 0 Å². The number of allylic oxidation sites excluding steroid dienone is 2. The smallest absolute Gasteiger partial charge is 0.162 e. The number of aromatic nitrogens is 2. The molecular formula is C81H92IrN2O4-2. The monoisotopic (exact) mass is 1350 g/mol. The maximum absolute atomic E-state index is 11.9. The van der Waals surface area contributed by atoms with Gasteiger partial charge in [-0.3, -0.25) is 14.8 Å². The summed E-state index contributed by atoms with van der Waals surface area (Å²) in [6, 6.07) is 45.0. The Morgan fingerprint density at radius 2 is 0.955 bits per heavy atom. The molecule has 0 saturated carbocycles. The Kier molecular flexibility index (Phi) is 18.7. The van der Waals surface area contributed by atoms with Crippen molar-refractivity contribution in [1.29, 1.82) is 0 Å². The van der Waals surface area contributed by atoms with Crippen LogP contribution in [0.3, 0.4) is 0 Å². The summed E-state index contributed by atoms with van der Waals surface area (Å²) in [4.78, 5) is 21.6. The van der Waals surface area contributed by atoms with Gasteiger partial charge in [0.05, 0.1) is 11.5 Å². The molecule has 1 N–H and O–H groups in total. The summed E-state index contributed by atoms with van der Waals surface area (Å²) in [6.45, 7) is 39.7. The molecule has 2 aliphatic rings. The van der Waals surface area contributed by atoms with E-state index < -0.39 is 0 Å². The first kappa shape index (κ1) is 65.5. The molecule has 6 nitrogen and oxygen atoms in total. The molecule has 0 unspecified atom stereocenters. The van der Waals surface area contributed by atoms with E-state index in [2.05, 4.69) is 205 Å². The Hall–Kier alpha value is -6.92. The molecule has 12 rings (SSSR count). The van der Waals surface area contributed by atoms with Crippen LogP contribution in [0.4, 0.5) is 0 Å². The van der Waals surface area contributed by atoms with Gasteiger partial charge in [-0.25, -0.2) is 0 Å². The van der Waals surface area contributed by atoms with E-state index in [0.29, 0.717) is 0 Å². The number of aliphatic hydroxyl groups is 1. The SMILES string of the molecule is CC(C)(C)Cc1ccc2c(c1)cc1c3c(nccc32)-c2[c-]c3ccccc3c(CC(C)(C)C)c2O1.CCC(CC)C(=O)/C=C(\O)C(C)(CC)CC.Cc1ccc2c(CC(C)(C)C)c3c([c-]c2c1)-c1nccc2c1c(cc1cc(CC(C)(C)C)ccc12)O3.[Ir].